The van der Waals surface area contributed by atoms with E-state index in [1.165, 1.54) is 31.2 Å². The first-order valence-corrected chi connectivity index (χ1v) is 11.2. The van der Waals surface area contributed by atoms with E-state index >= 15 is 0 Å². The van der Waals surface area contributed by atoms with Crippen molar-refractivity contribution in [1.82, 2.24) is 18.5 Å². The molecule has 0 fully saturated rings. The molecule has 0 N–H and O–H groups in total. The molecule has 7 nitrogen and oxygen atoms in total. The summed E-state index contributed by atoms with van der Waals surface area (Å²) in [4.78, 5) is 12.9. The number of aromatic nitrogens is 3. The van der Waals surface area contributed by atoms with E-state index in [-0.39, 0.29) is 10.6 Å². The van der Waals surface area contributed by atoms with E-state index < -0.39 is 10.0 Å². The van der Waals surface area contributed by atoms with Gasteiger partial charge < -0.3 is 0 Å². The minimum Gasteiger partial charge on any atom is -0.249 e. The second kappa shape index (κ2) is 7.23. The Morgan fingerprint density at radius 2 is 1.63 bits per heavy atom. The van der Waals surface area contributed by atoms with Crippen LogP contribution in [-0.4, -0.2) is 33.4 Å². The zero-order valence-corrected chi connectivity index (χ0v) is 17.0. The highest BCUT2D eigenvalue weighted by molar-refractivity contribution is 7.89. The number of nitrogens with zero attached hydrogens (tertiary/aromatic N) is 4. The van der Waals surface area contributed by atoms with Crippen LogP contribution in [0.5, 0.6) is 0 Å². The fourth-order valence-electron chi connectivity index (χ4n) is 3.83. The highest BCUT2D eigenvalue weighted by atomic mass is 32.2. The molecule has 8 heteroatoms. The third-order valence-electron chi connectivity index (χ3n) is 5.46. The normalized spacial score (nSPS) is 14.7. The SMILES string of the molecule is O=c1n(Cc2ccccc2)nc2ccc(S(=O)(=O)N3CCc4ccccc4C3)cn12. The van der Waals surface area contributed by atoms with Gasteiger partial charge in [0.05, 0.1) is 11.4 Å². The molecule has 0 bridgehead atoms. The summed E-state index contributed by atoms with van der Waals surface area (Å²) in [6.07, 6.45) is 2.05. The molecule has 0 saturated heterocycles. The Kier molecular flexibility index (Phi) is 4.52. The van der Waals surface area contributed by atoms with E-state index in [9.17, 15) is 13.2 Å². The van der Waals surface area contributed by atoms with Crippen LogP contribution in [0.3, 0.4) is 0 Å². The average molecular weight is 420 g/mol. The lowest BCUT2D eigenvalue weighted by Gasteiger charge is -2.28. The zero-order valence-electron chi connectivity index (χ0n) is 16.2. The molecule has 30 heavy (non-hydrogen) atoms. The monoisotopic (exact) mass is 420 g/mol. The van der Waals surface area contributed by atoms with Crippen LogP contribution in [0.1, 0.15) is 16.7 Å². The van der Waals surface area contributed by atoms with Crippen molar-refractivity contribution in [2.24, 2.45) is 0 Å². The lowest BCUT2D eigenvalue weighted by molar-refractivity contribution is 0.391. The Morgan fingerprint density at radius 3 is 2.43 bits per heavy atom. The van der Waals surface area contributed by atoms with Crippen LogP contribution in [0.2, 0.25) is 0 Å². The minimum absolute atomic E-state index is 0.0933. The summed E-state index contributed by atoms with van der Waals surface area (Å²) >= 11 is 0. The third-order valence-corrected chi connectivity index (χ3v) is 7.29. The molecule has 152 valence electrons. The molecule has 2 aromatic carbocycles. The second-order valence-electron chi connectivity index (χ2n) is 7.38. The lowest BCUT2D eigenvalue weighted by atomic mass is 10.0. The largest absolute Gasteiger partial charge is 0.350 e. The number of rotatable bonds is 4. The van der Waals surface area contributed by atoms with Gasteiger partial charge in [0.1, 0.15) is 0 Å². The summed E-state index contributed by atoms with van der Waals surface area (Å²) in [7, 11) is -3.73. The molecule has 0 aliphatic carbocycles. The minimum atomic E-state index is -3.73. The maximum atomic E-state index is 13.2. The molecule has 3 heterocycles. The molecule has 1 aliphatic rings. The van der Waals surface area contributed by atoms with Crippen molar-refractivity contribution in [2.45, 2.75) is 24.4 Å². The molecule has 1 aliphatic heterocycles. The molecule has 0 spiro atoms. The van der Waals surface area contributed by atoms with Gasteiger partial charge in [-0.25, -0.2) is 22.3 Å². The van der Waals surface area contributed by atoms with Gasteiger partial charge in [-0.15, -0.1) is 5.10 Å². The van der Waals surface area contributed by atoms with Crippen LogP contribution < -0.4 is 5.69 Å². The molecule has 0 amide bonds. The van der Waals surface area contributed by atoms with Crippen LogP contribution in [-0.2, 0) is 29.5 Å². The van der Waals surface area contributed by atoms with E-state index in [1.54, 1.807) is 6.07 Å². The first kappa shape index (κ1) is 18.8. The Hall–Kier alpha value is -3.23. The summed E-state index contributed by atoms with van der Waals surface area (Å²) in [6.45, 7) is 1.07. The summed E-state index contributed by atoms with van der Waals surface area (Å²) in [5.41, 5.74) is 3.19. The molecular formula is C22H20N4O3S. The van der Waals surface area contributed by atoms with Crippen molar-refractivity contribution in [2.75, 3.05) is 6.54 Å². The fourth-order valence-corrected chi connectivity index (χ4v) is 5.25. The number of hydrogen-bond donors (Lipinski definition) is 0. The van der Waals surface area contributed by atoms with Gasteiger partial charge in [-0.2, -0.15) is 4.31 Å². The molecule has 5 rings (SSSR count). The van der Waals surface area contributed by atoms with Gasteiger partial charge in [-0.3, -0.25) is 0 Å². The summed E-state index contributed by atoms with van der Waals surface area (Å²) in [5, 5.41) is 4.33. The maximum Gasteiger partial charge on any atom is 0.350 e. The first-order chi connectivity index (χ1) is 14.5. The van der Waals surface area contributed by atoms with Crippen molar-refractivity contribution in [3.05, 3.63) is 100 Å². The lowest BCUT2D eigenvalue weighted by Crippen LogP contribution is -2.36. The Balaban J connectivity index is 1.49. The van der Waals surface area contributed by atoms with E-state index in [4.69, 9.17) is 0 Å². The van der Waals surface area contributed by atoms with Crippen LogP contribution in [0.25, 0.3) is 5.65 Å². The average Bonchev–Trinajstić information content (AvgIpc) is 3.09. The van der Waals surface area contributed by atoms with Gasteiger partial charge in [0.25, 0.3) is 0 Å². The standard InChI is InChI=1S/C22H20N4O3S/c27-22-25-16-20(10-11-21(25)23-26(22)14-17-6-2-1-3-7-17)30(28,29)24-13-12-18-8-4-5-9-19(18)15-24/h1-11,16H,12-15H2. The maximum absolute atomic E-state index is 13.2. The molecule has 0 atom stereocenters. The quantitative estimate of drug-likeness (QED) is 0.508. The summed E-state index contributed by atoms with van der Waals surface area (Å²) in [6, 6.07) is 20.5. The molecular weight excluding hydrogens is 400 g/mol. The summed E-state index contributed by atoms with van der Waals surface area (Å²) < 4.78 is 30.6. The molecule has 0 saturated carbocycles. The van der Waals surface area contributed by atoms with E-state index in [1.807, 2.05) is 54.6 Å². The topological polar surface area (TPSA) is 76.7 Å². The van der Waals surface area contributed by atoms with Crippen LogP contribution in [0, 0.1) is 0 Å². The smallest absolute Gasteiger partial charge is 0.249 e. The van der Waals surface area contributed by atoms with Crippen molar-refractivity contribution in [1.29, 1.82) is 0 Å². The van der Waals surface area contributed by atoms with Crippen LogP contribution >= 0.6 is 0 Å². The van der Waals surface area contributed by atoms with Crippen molar-refractivity contribution in [3.63, 3.8) is 0 Å². The molecule has 0 radical (unpaired) electrons. The van der Waals surface area contributed by atoms with E-state index in [0.29, 0.717) is 31.7 Å². The van der Waals surface area contributed by atoms with Gasteiger partial charge >= 0.3 is 5.69 Å². The highest BCUT2D eigenvalue weighted by Gasteiger charge is 2.28. The Bertz CT molecular complexity index is 1390. The predicted molar refractivity (Wildman–Crippen MR) is 113 cm³/mol. The van der Waals surface area contributed by atoms with Gasteiger partial charge in [0.2, 0.25) is 10.0 Å². The number of sulfonamides is 1. The number of fused-ring (bicyclic) bond motifs is 2. The first-order valence-electron chi connectivity index (χ1n) is 9.72. The van der Waals surface area contributed by atoms with Gasteiger partial charge in [-0.1, -0.05) is 54.6 Å². The van der Waals surface area contributed by atoms with Gasteiger partial charge in [0.15, 0.2) is 5.65 Å². The number of pyridine rings is 1. The molecule has 2 aromatic heterocycles. The predicted octanol–water partition coefficient (Wildman–Crippen LogP) is 2.29. The fraction of sp³-hybridized carbons (Fsp3) is 0.182. The molecule has 4 aromatic rings. The second-order valence-corrected chi connectivity index (χ2v) is 9.31. The zero-order chi connectivity index (χ0) is 20.7. The van der Waals surface area contributed by atoms with Crippen molar-refractivity contribution >= 4 is 15.7 Å². The van der Waals surface area contributed by atoms with Gasteiger partial charge in [-0.05, 0) is 35.2 Å². The third kappa shape index (κ3) is 3.24. The highest BCUT2D eigenvalue weighted by Crippen LogP contribution is 2.24. The molecule has 0 unspecified atom stereocenters. The summed E-state index contributed by atoms with van der Waals surface area (Å²) in [5.74, 6) is 0. The van der Waals surface area contributed by atoms with E-state index in [0.717, 1.165) is 11.1 Å². The Labute approximate surface area is 173 Å². The van der Waals surface area contributed by atoms with Crippen LogP contribution in [0.4, 0.5) is 0 Å². The number of benzene rings is 2. The van der Waals surface area contributed by atoms with Gasteiger partial charge in [0, 0.05) is 19.3 Å². The number of hydrogen-bond acceptors (Lipinski definition) is 4. The van der Waals surface area contributed by atoms with E-state index in [2.05, 4.69) is 5.10 Å². The van der Waals surface area contributed by atoms with Crippen LogP contribution in [0.15, 0.2) is 82.6 Å². The Morgan fingerprint density at radius 1 is 0.900 bits per heavy atom. The van der Waals surface area contributed by atoms with Crippen molar-refractivity contribution < 1.29 is 8.42 Å². The van der Waals surface area contributed by atoms with Crippen molar-refractivity contribution in [3.8, 4) is 0 Å².